The van der Waals surface area contributed by atoms with Gasteiger partial charge in [0.05, 0.1) is 0 Å². The van der Waals surface area contributed by atoms with Crippen molar-refractivity contribution >= 4 is 28.7 Å². The van der Waals surface area contributed by atoms with Crippen molar-refractivity contribution < 1.29 is 14.4 Å². The fraction of sp³-hybridized carbons (Fsp3) is 0.250. The normalized spacial score (nSPS) is 29.0. The molecule has 25 heavy (non-hydrogen) atoms. The number of ketones is 1. The Hall–Kier alpha value is -2.40. The molecule has 2 aromatic carbocycles. The molecule has 1 aliphatic carbocycles. The van der Waals surface area contributed by atoms with Crippen molar-refractivity contribution in [2.24, 2.45) is 0 Å². The second-order valence-electron chi connectivity index (χ2n) is 6.51. The first-order valence-electron chi connectivity index (χ1n) is 8.27. The Balaban J connectivity index is 1.90. The molecule has 1 saturated heterocycles. The molecule has 0 bridgehead atoms. The summed E-state index contributed by atoms with van der Waals surface area (Å²) in [5.41, 5.74) is 1.85. The molecule has 1 aliphatic heterocycles. The van der Waals surface area contributed by atoms with Crippen LogP contribution in [0.2, 0.25) is 0 Å². The van der Waals surface area contributed by atoms with Gasteiger partial charge in [-0.05, 0) is 22.9 Å². The average Bonchev–Trinajstić information content (AvgIpc) is 2.93. The monoisotopic (exact) mass is 351 g/mol. The number of rotatable bonds is 2. The Bertz CT molecular complexity index is 783. The Morgan fingerprint density at radius 3 is 1.68 bits per heavy atom. The van der Waals surface area contributed by atoms with E-state index in [1.54, 1.807) is 0 Å². The van der Waals surface area contributed by atoms with Crippen molar-refractivity contribution in [3.8, 4) is 0 Å². The molecule has 1 heterocycles. The van der Waals surface area contributed by atoms with Crippen molar-refractivity contribution in [1.82, 2.24) is 5.32 Å². The molecular formula is C20H17NO3S. The fourth-order valence-corrected chi connectivity index (χ4v) is 5.38. The summed E-state index contributed by atoms with van der Waals surface area (Å²) in [5.74, 6) is -0.799. The van der Waals surface area contributed by atoms with Gasteiger partial charge in [-0.25, -0.2) is 0 Å². The van der Waals surface area contributed by atoms with E-state index in [9.17, 15) is 14.4 Å². The highest BCUT2D eigenvalue weighted by Crippen LogP contribution is 2.57. The molecule has 1 N–H and O–H groups in total. The number of thioether (sulfide) groups is 1. The van der Waals surface area contributed by atoms with Crippen LogP contribution in [0, 0.1) is 0 Å². The largest absolute Gasteiger partial charge is 0.300 e. The van der Waals surface area contributed by atoms with E-state index in [0.29, 0.717) is 0 Å². The quantitative estimate of drug-likeness (QED) is 0.897. The highest BCUT2D eigenvalue weighted by molar-refractivity contribution is 8.16. The summed E-state index contributed by atoms with van der Waals surface area (Å²) in [5, 5.41) is 2.13. The number of carbonyl (C=O) groups excluding carboxylic acids is 3. The number of hydrogen-bond donors (Lipinski definition) is 1. The van der Waals surface area contributed by atoms with Gasteiger partial charge in [-0.2, -0.15) is 0 Å². The zero-order chi connectivity index (χ0) is 17.4. The van der Waals surface area contributed by atoms with Crippen LogP contribution >= 0.6 is 11.8 Å². The lowest BCUT2D eigenvalue weighted by molar-refractivity contribution is -0.127. The smallest absolute Gasteiger partial charge is 0.286 e. The van der Waals surface area contributed by atoms with Gasteiger partial charge in [0.15, 0.2) is 0 Å². The standard InChI is InChI=1S/C20H17NO3S/c22-15-11-16(13-7-3-1-4-8-13)20(18(23)21-19(24)25-20)17(12-15)14-9-5-2-6-10-14/h1-10,16-17H,11-12H2,(H,21,23,24). The minimum Gasteiger partial charge on any atom is -0.300 e. The van der Waals surface area contributed by atoms with Crippen LogP contribution < -0.4 is 5.32 Å². The summed E-state index contributed by atoms with van der Waals surface area (Å²) < 4.78 is -0.978. The Morgan fingerprint density at radius 1 is 0.800 bits per heavy atom. The molecule has 0 radical (unpaired) electrons. The van der Waals surface area contributed by atoms with Gasteiger partial charge in [-0.1, -0.05) is 60.7 Å². The van der Waals surface area contributed by atoms with Crippen LogP contribution in [-0.2, 0) is 9.59 Å². The van der Waals surface area contributed by atoms with Crippen LogP contribution in [0.25, 0.3) is 0 Å². The first-order chi connectivity index (χ1) is 12.1. The second kappa shape index (κ2) is 6.15. The Labute approximate surface area is 150 Å². The fourth-order valence-electron chi connectivity index (χ4n) is 4.06. The SMILES string of the molecule is O=C1CC(c2ccccc2)C2(SC(=O)NC2=O)C(c2ccccc2)C1. The van der Waals surface area contributed by atoms with E-state index in [1.165, 1.54) is 0 Å². The molecule has 2 aromatic rings. The lowest BCUT2D eigenvalue weighted by Crippen LogP contribution is -2.51. The van der Waals surface area contributed by atoms with E-state index in [-0.39, 0.29) is 41.6 Å². The van der Waals surface area contributed by atoms with Crippen molar-refractivity contribution in [2.45, 2.75) is 29.4 Å². The number of imide groups is 1. The molecule has 2 fully saturated rings. The van der Waals surface area contributed by atoms with Crippen molar-refractivity contribution in [1.29, 1.82) is 0 Å². The zero-order valence-corrected chi connectivity index (χ0v) is 14.3. The van der Waals surface area contributed by atoms with E-state index in [0.717, 1.165) is 22.9 Å². The topological polar surface area (TPSA) is 63.2 Å². The number of Topliss-reactive ketones (excluding diaryl/α,β-unsaturated/α-hetero) is 1. The van der Waals surface area contributed by atoms with Crippen LogP contribution in [0.15, 0.2) is 60.7 Å². The van der Waals surface area contributed by atoms with Crippen LogP contribution in [0.4, 0.5) is 4.79 Å². The van der Waals surface area contributed by atoms with Crippen LogP contribution in [0.1, 0.15) is 35.8 Å². The van der Waals surface area contributed by atoms with Crippen LogP contribution in [-0.4, -0.2) is 21.7 Å². The van der Waals surface area contributed by atoms with Crippen molar-refractivity contribution in [3.63, 3.8) is 0 Å². The lowest BCUT2D eigenvalue weighted by atomic mass is 9.65. The highest BCUT2D eigenvalue weighted by atomic mass is 32.2. The van der Waals surface area contributed by atoms with Gasteiger partial charge in [-0.3, -0.25) is 19.7 Å². The third-order valence-corrected chi connectivity index (χ3v) is 6.51. The molecule has 2 aliphatic rings. The molecular weight excluding hydrogens is 334 g/mol. The van der Waals surface area contributed by atoms with Gasteiger partial charge in [0.25, 0.3) is 5.24 Å². The molecule has 1 saturated carbocycles. The molecule has 2 unspecified atom stereocenters. The molecule has 2 atom stereocenters. The average molecular weight is 351 g/mol. The summed E-state index contributed by atoms with van der Waals surface area (Å²) in [6, 6.07) is 19.2. The summed E-state index contributed by atoms with van der Waals surface area (Å²) in [6.07, 6.45) is 0.558. The van der Waals surface area contributed by atoms with Crippen molar-refractivity contribution in [3.05, 3.63) is 71.8 Å². The third-order valence-electron chi connectivity index (χ3n) is 5.13. The minimum absolute atomic E-state index is 0.126. The maximum Gasteiger partial charge on any atom is 0.286 e. The van der Waals surface area contributed by atoms with Gasteiger partial charge in [0, 0.05) is 24.7 Å². The number of carbonyl (C=O) groups is 3. The number of amides is 2. The predicted molar refractivity (Wildman–Crippen MR) is 96.5 cm³/mol. The van der Waals surface area contributed by atoms with Gasteiger partial charge in [-0.15, -0.1) is 0 Å². The molecule has 126 valence electrons. The molecule has 0 aromatic heterocycles. The molecule has 2 amide bonds. The third kappa shape index (κ3) is 2.59. The molecule has 1 spiro atoms. The van der Waals surface area contributed by atoms with E-state index >= 15 is 0 Å². The van der Waals surface area contributed by atoms with Gasteiger partial charge >= 0.3 is 0 Å². The maximum absolute atomic E-state index is 13.0. The minimum atomic E-state index is -0.978. The summed E-state index contributed by atoms with van der Waals surface area (Å²) in [4.78, 5) is 37.6. The summed E-state index contributed by atoms with van der Waals surface area (Å²) in [7, 11) is 0. The predicted octanol–water partition coefficient (Wildman–Crippen LogP) is 3.64. The second-order valence-corrected chi connectivity index (χ2v) is 7.76. The Morgan fingerprint density at radius 2 is 1.28 bits per heavy atom. The number of hydrogen-bond acceptors (Lipinski definition) is 4. The molecule has 4 rings (SSSR count). The first kappa shape index (κ1) is 16.1. The van der Waals surface area contributed by atoms with Gasteiger partial charge in [0.1, 0.15) is 10.5 Å². The number of benzene rings is 2. The van der Waals surface area contributed by atoms with Crippen LogP contribution in [0.3, 0.4) is 0 Å². The zero-order valence-electron chi connectivity index (χ0n) is 13.5. The molecule has 4 nitrogen and oxygen atoms in total. The maximum atomic E-state index is 13.0. The van der Waals surface area contributed by atoms with Gasteiger partial charge in [0.2, 0.25) is 5.91 Å². The lowest BCUT2D eigenvalue weighted by Gasteiger charge is -2.43. The number of nitrogens with one attached hydrogen (secondary N) is 1. The van der Waals surface area contributed by atoms with E-state index in [4.69, 9.17) is 0 Å². The highest BCUT2D eigenvalue weighted by Gasteiger charge is 2.61. The molecule has 5 heteroatoms. The first-order valence-corrected chi connectivity index (χ1v) is 9.09. The van der Waals surface area contributed by atoms with Crippen LogP contribution in [0.5, 0.6) is 0 Å². The summed E-state index contributed by atoms with van der Waals surface area (Å²) >= 11 is 1.05. The summed E-state index contributed by atoms with van der Waals surface area (Å²) in [6.45, 7) is 0. The van der Waals surface area contributed by atoms with Gasteiger partial charge < -0.3 is 0 Å². The van der Waals surface area contributed by atoms with E-state index in [1.807, 2.05) is 60.7 Å². The van der Waals surface area contributed by atoms with Crippen molar-refractivity contribution in [2.75, 3.05) is 0 Å². The Kier molecular flexibility index (Phi) is 3.96. The van der Waals surface area contributed by atoms with E-state index < -0.39 is 4.75 Å². The van der Waals surface area contributed by atoms with E-state index in [2.05, 4.69) is 5.32 Å².